The van der Waals surface area contributed by atoms with Crippen molar-refractivity contribution in [3.63, 3.8) is 0 Å². The molecule has 0 radical (unpaired) electrons. The molecule has 0 aliphatic heterocycles. The van der Waals surface area contributed by atoms with Crippen molar-refractivity contribution in [2.75, 3.05) is 6.61 Å². The number of carbonyl (C=O) groups is 2. The van der Waals surface area contributed by atoms with Gasteiger partial charge < -0.3 is 9.47 Å². The predicted octanol–water partition coefficient (Wildman–Crippen LogP) is 0.395. The molecule has 0 aromatic heterocycles. The van der Waals surface area contributed by atoms with Crippen molar-refractivity contribution in [2.45, 2.75) is 26.4 Å². The Balaban J connectivity index is 3.86. The minimum atomic E-state index is -0.944. The van der Waals surface area contributed by atoms with Crippen LogP contribution < -0.4 is 0 Å². The predicted molar refractivity (Wildman–Crippen MR) is 42.4 cm³/mol. The van der Waals surface area contributed by atoms with Crippen LogP contribution in [0, 0.1) is 11.3 Å². The molecule has 0 rings (SSSR count). The number of rotatable bonds is 4. The molecule has 0 heterocycles. The first-order valence-electron chi connectivity index (χ1n) is 3.84. The van der Waals surface area contributed by atoms with Crippen LogP contribution in [0.15, 0.2) is 0 Å². The largest absolute Gasteiger partial charge is 0.463 e. The highest BCUT2D eigenvalue weighted by molar-refractivity contribution is 5.79. The van der Waals surface area contributed by atoms with Crippen LogP contribution in [0.1, 0.15) is 20.3 Å². The van der Waals surface area contributed by atoms with Crippen molar-refractivity contribution in [1.82, 2.24) is 0 Å². The number of hydrogen-bond acceptors (Lipinski definition) is 5. The van der Waals surface area contributed by atoms with E-state index in [9.17, 15) is 9.59 Å². The lowest BCUT2D eigenvalue weighted by Crippen LogP contribution is -2.26. The first-order valence-corrected chi connectivity index (χ1v) is 3.84. The number of nitriles is 1. The molecule has 72 valence electrons. The summed E-state index contributed by atoms with van der Waals surface area (Å²) in [5.74, 6) is -1.32. The first kappa shape index (κ1) is 11.4. The second-order valence-corrected chi connectivity index (χ2v) is 2.22. The monoisotopic (exact) mass is 185 g/mol. The minimum absolute atomic E-state index is 0.235. The van der Waals surface area contributed by atoms with Gasteiger partial charge in [0.1, 0.15) is 6.42 Å². The Morgan fingerprint density at radius 2 is 2.15 bits per heavy atom. The summed E-state index contributed by atoms with van der Waals surface area (Å²) in [6, 6.07) is 1.62. The van der Waals surface area contributed by atoms with Gasteiger partial charge in [0.15, 0.2) is 6.10 Å². The van der Waals surface area contributed by atoms with Crippen molar-refractivity contribution >= 4 is 11.9 Å². The Morgan fingerprint density at radius 1 is 1.54 bits per heavy atom. The van der Waals surface area contributed by atoms with E-state index in [4.69, 9.17) is 5.26 Å². The number of carbonyl (C=O) groups excluding carboxylic acids is 2. The van der Waals surface area contributed by atoms with Crippen LogP contribution in [-0.2, 0) is 19.1 Å². The molecule has 0 aliphatic carbocycles. The fraction of sp³-hybridized carbons (Fsp3) is 0.625. The summed E-state index contributed by atoms with van der Waals surface area (Å²) in [4.78, 5) is 21.6. The van der Waals surface area contributed by atoms with E-state index in [0.717, 1.165) is 0 Å². The van der Waals surface area contributed by atoms with E-state index in [2.05, 4.69) is 9.47 Å². The van der Waals surface area contributed by atoms with E-state index < -0.39 is 18.0 Å². The fourth-order valence-corrected chi connectivity index (χ4v) is 0.611. The number of nitrogens with zero attached hydrogens (tertiary/aromatic N) is 1. The summed E-state index contributed by atoms with van der Waals surface area (Å²) < 4.78 is 9.15. The van der Waals surface area contributed by atoms with Gasteiger partial charge in [0.05, 0.1) is 12.7 Å². The van der Waals surface area contributed by atoms with Crippen molar-refractivity contribution < 1.29 is 19.1 Å². The summed E-state index contributed by atoms with van der Waals surface area (Å²) in [5, 5.41) is 8.12. The Morgan fingerprint density at radius 3 is 2.62 bits per heavy atom. The van der Waals surface area contributed by atoms with E-state index in [1.165, 1.54) is 6.92 Å². The van der Waals surface area contributed by atoms with Crippen LogP contribution in [-0.4, -0.2) is 24.6 Å². The van der Waals surface area contributed by atoms with Crippen molar-refractivity contribution in [2.24, 2.45) is 0 Å². The third kappa shape index (κ3) is 4.80. The average molecular weight is 185 g/mol. The highest BCUT2D eigenvalue weighted by Crippen LogP contribution is 1.97. The number of ether oxygens (including phenoxy) is 2. The first-order chi connectivity index (χ1) is 6.11. The molecular formula is C8H11NO4. The Bertz CT molecular complexity index is 231. The molecule has 1 unspecified atom stereocenters. The fourth-order valence-electron chi connectivity index (χ4n) is 0.611. The quantitative estimate of drug-likeness (QED) is 0.592. The van der Waals surface area contributed by atoms with Gasteiger partial charge in [-0.3, -0.25) is 4.79 Å². The second kappa shape index (κ2) is 6.00. The lowest BCUT2D eigenvalue weighted by atomic mass is 10.4. The molecule has 0 spiro atoms. The van der Waals surface area contributed by atoms with Crippen molar-refractivity contribution in [1.29, 1.82) is 5.26 Å². The molecular weight excluding hydrogens is 174 g/mol. The molecule has 1 atom stereocenters. The van der Waals surface area contributed by atoms with E-state index in [0.29, 0.717) is 0 Å². The highest BCUT2D eigenvalue weighted by Gasteiger charge is 2.18. The van der Waals surface area contributed by atoms with Crippen LogP contribution >= 0.6 is 0 Å². The summed E-state index contributed by atoms with van der Waals surface area (Å²) in [6.07, 6.45) is -1.30. The van der Waals surface area contributed by atoms with Gasteiger partial charge in [-0.25, -0.2) is 4.79 Å². The summed E-state index contributed by atoms with van der Waals surface area (Å²) >= 11 is 0. The molecule has 5 heteroatoms. The Kier molecular flexibility index (Phi) is 5.28. The third-order valence-electron chi connectivity index (χ3n) is 1.15. The molecule has 0 aromatic rings. The van der Waals surface area contributed by atoms with Crippen molar-refractivity contribution in [3.05, 3.63) is 0 Å². The number of hydrogen-bond donors (Lipinski definition) is 0. The average Bonchev–Trinajstić information content (AvgIpc) is 2.05. The molecule has 0 fully saturated rings. The molecule has 5 nitrogen and oxygen atoms in total. The molecule has 0 amide bonds. The zero-order valence-corrected chi connectivity index (χ0v) is 7.57. The molecule has 0 aliphatic rings. The SMILES string of the molecule is CCOC(=O)C(C)OC(=O)CC#N. The van der Waals surface area contributed by atoms with Gasteiger partial charge >= 0.3 is 11.9 Å². The summed E-state index contributed by atoms with van der Waals surface area (Å²) in [5.41, 5.74) is 0. The standard InChI is InChI=1S/C8H11NO4/c1-3-12-8(11)6(2)13-7(10)4-5-9/h6H,3-4H2,1-2H3. The molecule has 0 saturated heterocycles. The van der Waals surface area contributed by atoms with Crippen LogP contribution in [0.4, 0.5) is 0 Å². The van der Waals surface area contributed by atoms with E-state index in [1.54, 1.807) is 13.0 Å². The van der Waals surface area contributed by atoms with Crippen LogP contribution in [0.25, 0.3) is 0 Å². The van der Waals surface area contributed by atoms with Gasteiger partial charge in [-0.1, -0.05) is 0 Å². The Hall–Kier alpha value is -1.57. The molecule has 13 heavy (non-hydrogen) atoms. The molecule has 0 N–H and O–H groups in total. The maximum Gasteiger partial charge on any atom is 0.347 e. The maximum absolute atomic E-state index is 10.9. The van der Waals surface area contributed by atoms with Crippen LogP contribution in [0.3, 0.4) is 0 Å². The lowest BCUT2D eigenvalue weighted by Gasteiger charge is -2.10. The van der Waals surface area contributed by atoms with Gasteiger partial charge in [0.25, 0.3) is 0 Å². The van der Waals surface area contributed by atoms with E-state index in [-0.39, 0.29) is 13.0 Å². The van der Waals surface area contributed by atoms with E-state index >= 15 is 0 Å². The molecule has 0 saturated carbocycles. The summed E-state index contributed by atoms with van der Waals surface area (Å²) in [6.45, 7) is 3.29. The lowest BCUT2D eigenvalue weighted by molar-refractivity contribution is -0.165. The summed E-state index contributed by atoms with van der Waals surface area (Å²) in [7, 11) is 0. The van der Waals surface area contributed by atoms with Crippen LogP contribution in [0.2, 0.25) is 0 Å². The minimum Gasteiger partial charge on any atom is -0.463 e. The smallest absolute Gasteiger partial charge is 0.347 e. The normalized spacial score (nSPS) is 11.2. The second-order valence-electron chi connectivity index (χ2n) is 2.22. The molecule has 0 aromatic carbocycles. The maximum atomic E-state index is 10.9. The number of esters is 2. The molecule has 0 bridgehead atoms. The zero-order chi connectivity index (χ0) is 10.3. The Labute approximate surface area is 76.2 Å². The highest BCUT2D eigenvalue weighted by atomic mass is 16.6. The van der Waals surface area contributed by atoms with Gasteiger partial charge in [-0.05, 0) is 13.8 Å². The van der Waals surface area contributed by atoms with Crippen molar-refractivity contribution in [3.8, 4) is 6.07 Å². The van der Waals surface area contributed by atoms with Gasteiger partial charge in [0, 0.05) is 0 Å². The zero-order valence-electron chi connectivity index (χ0n) is 7.57. The third-order valence-corrected chi connectivity index (χ3v) is 1.15. The van der Waals surface area contributed by atoms with Gasteiger partial charge in [0.2, 0.25) is 0 Å². The van der Waals surface area contributed by atoms with Crippen LogP contribution in [0.5, 0.6) is 0 Å². The van der Waals surface area contributed by atoms with Gasteiger partial charge in [-0.15, -0.1) is 0 Å². The van der Waals surface area contributed by atoms with Gasteiger partial charge in [-0.2, -0.15) is 5.26 Å². The topological polar surface area (TPSA) is 76.4 Å². The van der Waals surface area contributed by atoms with E-state index in [1.807, 2.05) is 0 Å².